The second-order valence-electron chi connectivity index (χ2n) is 4.74. The van der Waals surface area contributed by atoms with Gasteiger partial charge < -0.3 is 14.4 Å². The predicted molar refractivity (Wildman–Crippen MR) is 66.9 cm³/mol. The molecule has 90 valence electrons. The van der Waals surface area contributed by atoms with Gasteiger partial charge in [-0.3, -0.25) is 0 Å². The first-order valence-corrected chi connectivity index (χ1v) is 6.09. The number of ether oxygens (including phenoxy) is 1. The highest BCUT2D eigenvalue weighted by Crippen LogP contribution is 2.33. The van der Waals surface area contributed by atoms with E-state index in [1.807, 2.05) is 7.05 Å². The first-order valence-electron chi connectivity index (χ1n) is 6.09. The summed E-state index contributed by atoms with van der Waals surface area (Å²) in [5, 5.41) is 11.0. The number of benzene rings is 1. The molecule has 2 unspecified atom stereocenters. The fourth-order valence-corrected chi connectivity index (χ4v) is 2.60. The van der Waals surface area contributed by atoms with Gasteiger partial charge in [0.1, 0.15) is 0 Å². The molecular weight excluding hydrogens is 214 g/mol. The summed E-state index contributed by atoms with van der Waals surface area (Å²) >= 11 is 0. The van der Waals surface area contributed by atoms with Crippen molar-refractivity contribution in [3.05, 3.63) is 36.0 Å². The Morgan fingerprint density at radius 1 is 1.35 bits per heavy atom. The standard InChI is InChI=1S/C14H17NO2/c1-15-7-5-11-12(3-2-4-13(11)15)14-9-10(16)6-8-17-14/h2-5,7,10,14,16H,6,8-9H2,1H3. The molecule has 3 rings (SSSR count). The van der Waals surface area contributed by atoms with E-state index in [0.29, 0.717) is 13.0 Å². The van der Waals surface area contributed by atoms with Crippen LogP contribution in [-0.4, -0.2) is 22.4 Å². The minimum absolute atomic E-state index is 0.0323. The fourth-order valence-electron chi connectivity index (χ4n) is 2.60. The topological polar surface area (TPSA) is 34.4 Å². The van der Waals surface area contributed by atoms with E-state index in [4.69, 9.17) is 4.74 Å². The van der Waals surface area contributed by atoms with Gasteiger partial charge >= 0.3 is 0 Å². The van der Waals surface area contributed by atoms with Crippen molar-refractivity contribution < 1.29 is 9.84 Å². The van der Waals surface area contributed by atoms with Gasteiger partial charge in [-0.05, 0) is 24.1 Å². The van der Waals surface area contributed by atoms with E-state index in [1.165, 1.54) is 16.5 Å². The summed E-state index contributed by atoms with van der Waals surface area (Å²) in [4.78, 5) is 0. The Labute approximate surface area is 101 Å². The summed E-state index contributed by atoms with van der Waals surface area (Å²) in [5.74, 6) is 0. The largest absolute Gasteiger partial charge is 0.393 e. The van der Waals surface area contributed by atoms with Gasteiger partial charge in [0, 0.05) is 37.2 Å². The highest BCUT2D eigenvalue weighted by molar-refractivity contribution is 5.84. The first kappa shape index (κ1) is 10.8. The van der Waals surface area contributed by atoms with E-state index in [0.717, 1.165) is 6.42 Å². The van der Waals surface area contributed by atoms with Crippen LogP contribution in [0.2, 0.25) is 0 Å². The maximum Gasteiger partial charge on any atom is 0.0856 e. The van der Waals surface area contributed by atoms with Crippen LogP contribution >= 0.6 is 0 Å². The van der Waals surface area contributed by atoms with Crippen LogP contribution in [0.4, 0.5) is 0 Å². The van der Waals surface area contributed by atoms with Crippen molar-refractivity contribution in [1.82, 2.24) is 4.57 Å². The third-order valence-electron chi connectivity index (χ3n) is 3.56. The molecule has 0 saturated carbocycles. The monoisotopic (exact) mass is 231 g/mol. The van der Waals surface area contributed by atoms with Crippen LogP contribution in [0.3, 0.4) is 0 Å². The SMILES string of the molecule is Cn1ccc2c(C3CC(O)CCO3)cccc21. The van der Waals surface area contributed by atoms with E-state index in [2.05, 4.69) is 35.0 Å². The third-order valence-corrected chi connectivity index (χ3v) is 3.56. The molecule has 0 spiro atoms. The van der Waals surface area contributed by atoms with E-state index >= 15 is 0 Å². The van der Waals surface area contributed by atoms with Crippen LogP contribution in [0.15, 0.2) is 30.5 Å². The maximum absolute atomic E-state index is 9.73. The summed E-state index contributed by atoms with van der Waals surface area (Å²) in [6, 6.07) is 8.39. The highest BCUT2D eigenvalue weighted by Gasteiger charge is 2.23. The third kappa shape index (κ3) is 1.85. The average molecular weight is 231 g/mol. The summed E-state index contributed by atoms with van der Waals surface area (Å²) in [6.07, 6.45) is 3.32. The lowest BCUT2D eigenvalue weighted by Gasteiger charge is -2.27. The van der Waals surface area contributed by atoms with Crippen molar-refractivity contribution >= 4 is 10.9 Å². The van der Waals surface area contributed by atoms with Gasteiger partial charge in [-0.1, -0.05) is 12.1 Å². The van der Waals surface area contributed by atoms with E-state index in [9.17, 15) is 5.11 Å². The molecule has 0 aliphatic carbocycles. The van der Waals surface area contributed by atoms with Gasteiger partial charge in [0.15, 0.2) is 0 Å². The molecule has 3 nitrogen and oxygen atoms in total. The van der Waals surface area contributed by atoms with Crippen LogP contribution in [0, 0.1) is 0 Å². The molecule has 1 aromatic carbocycles. The number of aliphatic hydroxyl groups excluding tert-OH is 1. The molecule has 0 bridgehead atoms. The van der Waals surface area contributed by atoms with E-state index in [-0.39, 0.29) is 12.2 Å². The van der Waals surface area contributed by atoms with Crippen molar-refractivity contribution in [1.29, 1.82) is 0 Å². The molecule has 1 aliphatic heterocycles. The Morgan fingerprint density at radius 3 is 3.06 bits per heavy atom. The van der Waals surface area contributed by atoms with E-state index < -0.39 is 0 Å². The second kappa shape index (κ2) is 4.17. The van der Waals surface area contributed by atoms with Crippen LogP contribution in [-0.2, 0) is 11.8 Å². The quantitative estimate of drug-likeness (QED) is 0.817. The molecule has 2 atom stereocenters. The molecule has 1 aromatic heterocycles. The number of aromatic nitrogens is 1. The summed E-state index contributed by atoms with van der Waals surface area (Å²) in [6.45, 7) is 0.648. The molecule has 3 heteroatoms. The normalized spacial score (nSPS) is 25.3. The average Bonchev–Trinajstić information content (AvgIpc) is 2.71. The lowest BCUT2D eigenvalue weighted by molar-refractivity contribution is -0.0441. The van der Waals surface area contributed by atoms with Crippen LogP contribution < -0.4 is 0 Å². The maximum atomic E-state index is 9.73. The number of aliphatic hydroxyl groups is 1. The lowest BCUT2D eigenvalue weighted by atomic mass is 9.97. The number of aryl methyl sites for hydroxylation is 1. The molecule has 0 amide bonds. The number of hydrogen-bond donors (Lipinski definition) is 1. The highest BCUT2D eigenvalue weighted by atomic mass is 16.5. The van der Waals surface area contributed by atoms with Gasteiger partial charge in [-0.25, -0.2) is 0 Å². The minimum atomic E-state index is -0.229. The number of fused-ring (bicyclic) bond motifs is 1. The number of nitrogens with zero attached hydrogens (tertiary/aromatic N) is 1. The van der Waals surface area contributed by atoms with Crippen molar-refractivity contribution in [3.8, 4) is 0 Å². The van der Waals surface area contributed by atoms with Gasteiger partial charge in [0.05, 0.1) is 12.2 Å². The molecule has 1 saturated heterocycles. The van der Waals surface area contributed by atoms with Gasteiger partial charge in [0.25, 0.3) is 0 Å². The van der Waals surface area contributed by atoms with E-state index in [1.54, 1.807) is 0 Å². The Balaban J connectivity index is 2.04. The smallest absolute Gasteiger partial charge is 0.0856 e. The Bertz CT molecular complexity index is 532. The first-order chi connectivity index (χ1) is 8.25. The molecule has 1 N–H and O–H groups in total. The second-order valence-corrected chi connectivity index (χ2v) is 4.74. The molecule has 2 aromatic rings. The number of hydrogen-bond acceptors (Lipinski definition) is 2. The molecule has 17 heavy (non-hydrogen) atoms. The minimum Gasteiger partial charge on any atom is -0.393 e. The Morgan fingerprint density at radius 2 is 2.24 bits per heavy atom. The molecule has 0 radical (unpaired) electrons. The summed E-state index contributed by atoms with van der Waals surface area (Å²) < 4.78 is 7.89. The molecular formula is C14H17NO2. The predicted octanol–water partition coefficient (Wildman–Crippen LogP) is 2.39. The zero-order valence-electron chi connectivity index (χ0n) is 9.97. The van der Waals surface area contributed by atoms with Crippen LogP contribution in [0.25, 0.3) is 10.9 Å². The van der Waals surface area contributed by atoms with Crippen molar-refractivity contribution in [2.75, 3.05) is 6.61 Å². The van der Waals surface area contributed by atoms with Crippen LogP contribution in [0.5, 0.6) is 0 Å². The van der Waals surface area contributed by atoms with Gasteiger partial charge in [-0.2, -0.15) is 0 Å². The molecule has 2 heterocycles. The van der Waals surface area contributed by atoms with Gasteiger partial charge in [0.2, 0.25) is 0 Å². The lowest BCUT2D eigenvalue weighted by Crippen LogP contribution is -2.23. The zero-order chi connectivity index (χ0) is 11.8. The van der Waals surface area contributed by atoms with Crippen molar-refractivity contribution in [3.63, 3.8) is 0 Å². The molecule has 1 fully saturated rings. The summed E-state index contributed by atoms with van der Waals surface area (Å²) in [7, 11) is 2.04. The Kier molecular flexibility index (Phi) is 2.65. The van der Waals surface area contributed by atoms with Crippen LogP contribution in [0.1, 0.15) is 24.5 Å². The summed E-state index contributed by atoms with van der Waals surface area (Å²) in [5.41, 5.74) is 2.41. The molecule has 1 aliphatic rings. The van der Waals surface area contributed by atoms with Crippen molar-refractivity contribution in [2.45, 2.75) is 25.0 Å². The number of rotatable bonds is 1. The fraction of sp³-hybridized carbons (Fsp3) is 0.429. The van der Waals surface area contributed by atoms with Gasteiger partial charge in [-0.15, -0.1) is 0 Å². The zero-order valence-corrected chi connectivity index (χ0v) is 9.97. The Hall–Kier alpha value is -1.32. The van der Waals surface area contributed by atoms with Crippen molar-refractivity contribution in [2.24, 2.45) is 7.05 Å².